The molecule has 0 aliphatic heterocycles. The van der Waals surface area contributed by atoms with Crippen molar-refractivity contribution in [1.29, 1.82) is 0 Å². The average molecular weight is 319 g/mol. The van der Waals surface area contributed by atoms with Crippen LogP contribution in [0.5, 0.6) is 0 Å². The van der Waals surface area contributed by atoms with Crippen LogP contribution in [-0.4, -0.2) is 33.0 Å². The van der Waals surface area contributed by atoms with Crippen molar-refractivity contribution in [1.82, 2.24) is 5.32 Å². The molecule has 5 nitrogen and oxygen atoms in total. The predicted octanol–water partition coefficient (Wildman–Crippen LogP) is 1.97. The number of halogens is 1. The van der Waals surface area contributed by atoms with E-state index in [0.717, 1.165) is 0 Å². The van der Waals surface area contributed by atoms with Gasteiger partial charge in [-0.1, -0.05) is 6.92 Å². The summed E-state index contributed by atoms with van der Waals surface area (Å²) in [5, 5.41) is 2.52. The molecule has 20 heavy (non-hydrogen) atoms. The lowest BCUT2D eigenvalue weighted by molar-refractivity contribution is 0.0963. The quantitative estimate of drug-likeness (QED) is 0.787. The van der Waals surface area contributed by atoms with Crippen LogP contribution in [0.3, 0.4) is 0 Å². The first-order valence-corrected chi connectivity index (χ1v) is 8.37. The second-order valence-corrected chi connectivity index (χ2v) is 6.83. The number of rotatable bonds is 6. The lowest BCUT2D eigenvalue weighted by Crippen LogP contribution is -2.23. The van der Waals surface area contributed by atoms with Crippen LogP contribution < -0.4 is 10.0 Å². The highest BCUT2D eigenvalue weighted by atomic mass is 35.5. The molecule has 0 saturated heterocycles. The number of carbonyl (C=O) groups is 1. The molecule has 7 heteroatoms. The van der Waals surface area contributed by atoms with Crippen LogP contribution in [0.2, 0.25) is 0 Å². The Morgan fingerprint density at radius 1 is 1.40 bits per heavy atom. The second-order valence-electron chi connectivity index (χ2n) is 4.75. The molecule has 1 atom stereocenters. The van der Waals surface area contributed by atoms with Gasteiger partial charge in [-0.05, 0) is 36.6 Å². The van der Waals surface area contributed by atoms with Crippen LogP contribution in [0.1, 0.15) is 22.8 Å². The first kappa shape index (κ1) is 16.8. The molecule has 0 fully saturated rings. The highest BCUT2D eigenvalue weighted by molar-refractivity contribution is 7.92. The fourth-order valence-electron chi connectivity index (χ4n) is 1.69. The minimum absolute atomic E-state index is 0.0346. The number of carbonyl (C=O) groups excluding carboxylic acids is 1. The average Bonchev–Trinajstić information content (AvgIpc) is 2.39. The zero-order valence-corrected chi connectivity index (χ0v) is 13.3. The lowest BCUT2D eigenvalue weighted by Gasteiger charge is -2.13. The molecule has 1 aromatic carbocycles. The van der Waals surface area contributed by atoms with Crippen molar-refractivity contribution in [2.45, 2.75) is 13.8 Å². The monoisotopic (exact) mass is 318 g/mol. The lowest BCUT2D eigenvalue weighted by atomic mass is 10.1. The van der Waals surface area contributed by atoms with Crippen molar-refractivity contribution in [3.63, 3.8) is 0 Å². The van der Waals surface area contributed by atoms with E-state index in [9.17, 15) is 13.2 Å². The number of benzene rings is 1. The fourth-order valence-corrected chi connectivity index (χ4v) is 3.44. The summed E-state index contributed by atoms with van der Waals surface area (Å²) in [5.74, 6) is -0.0827. The van der Waals surface area contributed by atoms with Gasteiger partial charge in [0.1, 0.15) is 0 Å². The van der Waals surface area contributed by atoms with E-state index in [4.69, 9.17) is 11.6 Å². The summed E-state index contributed by atoms with van der Waals surface area (Å²) in [6, 6.07) is 4.80. The molecule has 0 bridgehead atoms. The maximum atomic E-state index is 11.9. The third-order valence-corrected chi connectivity index (χ3v) is 4.81. The Bertz CT molecular complexity index is 587. The van der Waals surface area contributed by atoms with Crippen LogP contribution in [-0.2, 0) is 10.0 Å². The highest BCUT2D eigenvalue weighted by Gasteiger charge is 2.16. The van der Waals surface area contributed by atoms with Gasteiger partial charge in [0.15, 0.2) is 0 Å². The number of nitrogens with one attached hydrogen (secondary N) is 2. The third-order valence-electron chi connectivity index (χ3n) is 2.75. The molecule has 112 valence electrons. The van der Waals surface area contributed by atoms with E-state index in [2.05, 4.69) is 10.0 Å². The van der Waals surface area contributed by atoms with Crippen LogP contribution in [0, 0.1) is 12.8 Å². The zero-order chi connectivity index (χ0) is 15.3. The first-order valence-electron chi connectivity index (χ1n) is 6.18. The molecule has 1 rings (SSSR count). The Morgan fingerprint density at radius 2 is 2.05 bits per heavy atom. The second kappa shape index (κ2) is 6.95. The van der Waals surface area contributed by atoms with E-state index in [1.165, 1.54) is 0 Å². The van der Waals surface area contributed by atoms with Gasteiger partial charge in [-0.25, -0.2) is 8.42 Å². The van der Waals surface area contributed by atoms with E-state index in [1.807, 2.05) is 0 Å². The molecule has 1 amide bonds. The van der Waals surface area contributed by atoms with Crippen LogP contribution in [0.4, 0.5) is 5.69 Å². The molecule has 0 heterocycles. The molecule has 1 unspecified atom stereocenters. The molecule has 0 aromatic heterocycles. The van der Waals surface area contributed by atoms with Gasteiger partial charge in [-0.15, -0.1) is 11.6 Å². The fraction of sp³-hybridized carbons (Fsp3) is 0.462. The van der Waals surface area contributed by atoms with Gasteiger partial charge < -0.3 is 5.32 Å². The normalized spacial score (nSPS) is 12.8. The van der Waals surface area contributed by atoms with Crippen molar-refractivity contribution >= 4 is 33.2 Å². The van der Waals surface area contributed by atoms with E-state index in [1.54, 1.807) is 39.1 Å². The van der Waals surface area contributed by atoms with E-state index >= 15 is 0 Å². The molecule has 0 spiro atoms. The van der Waals surface area contributed by atoms with E-state index in [0.29, 0.717) is 16.8 Å². The van der Waals surface area contributed by atoms with Crippen LogP contribution in [0.15, 0.2) is 18.2 Å². The standard InChI is InChI=1S/C13H19ClN2O3S/c1-9(7-14)8-20(18,19)16-12-5-4-11(6-10(12)2)13(17)15-3/h4-6,9,16H,7-8H2,1-3H3,(H,15,17). The number of anilines is 1. The Morgan fingerprint density at radius 3 is 2.55 bits per heavy atom. The van der Waals surface area contributed by atoms with Gasteiger partial charge >= 0.3 is 0 Å². The number of alkyl halides is 1. The Hall–Kier alpha value is -1.27. The van der Waals surface area contributed by atoms with Crippen molar-refractivity contribution < 1.29 is 13.2 Å². The summed E-state index contributed by atoms with van der Waals surface area (Å²) < 4.78 is 26.4. The molecular formula is C13H19ClN2O3S. The van der Waals surface area contributed by atoms with Gasteiger partial charge in [-0.3, -0.25) is 9.52 Å². The third kappa shape index (κ3) is 4.68. The molecule has 1 aromatic rings. The van der Waals surface area contributed by atoms with E-state index in [-0.39, 0.29) is 23.5 Å². The predicted molar refractivity (Wildman–Crippen MR) is 81.9 cm³/mol. The minimum atomic E-state index is -3.44. The maximum absolute atomic E-state index is 11.9. The van der Waals surface area contributed by atoms with Gasteiger partial charge in [0, 0.05) is 18.5 Å². The molecule has 0 radical (unpaired) electrons. The summed E-state index contributed by atoms with van der Waals surface area (Å²) >= 11 is 5.63. The number of aryl methyl sites for hydroxylation is 1. The number of hydrogen-bond acceptors (Lipinski definition) is 3. The number of amides is 1. The van der Waals surface area contributed by atoms with Gasteiger partial charge in [0.25, 0.3) is 5.91 Å². The summed E-state index contributed by atoms with van der Waals surface area (Å²) in [7, 11) is -1.90. The van der Waals surface area contributed by atoms with Crippen LogP contribution >= 0.6 is 11.6 Å². The zero-order valence-electron chi connectivity index (χ0n) is 11.7. The first-order chi connectivity index (χ1) is 9.29. The summed E-state index contributed by atoms with van der Waals surface area (Å²) in [4.78, 5) is 11.5. The van der Waals surface area contributed by atoms with Gasteiger partial charge in [0.2, 0.25) is 10.0 Å². The Kier molecular flexibility index (Phi) is 5.83. The minimum Gasteiger partial charge on any atom is -0.355 e. The van der Waals surface area contributed by atoms with Crippen molar-refractivity contribution in [2.24, 2.45) is 5.92 Å². The van der Waals surface area contributed by atoms with Gasteiger partial charge in [-0.2, -0.15) is 0 Å². The van der Waals surface area contributed by atoms with E-state index < -0.39 is 10.0 Å². The summed E-state index contributed by atoms with van der Waals surface area (Å²) in [6.45, 7) is 3.52. The Labute approximate surface area is 124 Å². The Balaban J connectivity index is 2.91. The van der Waals surface area contributed by atoms with Gasteiger partial charge in [0.05, 0.1) is 11.4 Å². The number of sulfonamides is 1. The summed E-state index contributed by atoms with van der Waals surface area (Å²) in [5.41, 5.74) is 1.65. The highest BCUT2D eigenvalue weighted by Crippen LogP contribution is 2.19. The van der Waals surface area contributed by atoms with Crippen molar-refractivity contribution in [3.05, 3.63) is 29.3 Å². The summed E-state index contributed by atoms with van der Waals surface area (Å²) in [6.07, 6.45) is 0. The van der Waals surface area contributed by atoms with Crippen molar-refractivity contribution in [3.8, 4) is 0 Å². The molecule has 2 N–H and O–H groups in total. The molecule has 0 saturated carbocycles. The van der Waals surface area contributed by atoms with Crippen molar-refractivity contribution in [2.75, 3.05) is 23.4 Å². The maximum Gasteiger partial charge on any atom is 0.251 e. The topological polar surface area (TPSA) is 75.3 Å². The number of hydrogen-bond donors (Lipinski definition) is 2. The smallest absolute Gasteiger partial charge is 0.251 e. The molecule has 0 aliphatic carbocycles. The molecule has 0 aliphatic rings. The SMILES string of the molecule is CNC(=O)c1ccc(NS(=O)(=O)CC(C)CCl)c(C)c1. The largest absolute Gasteiger partial charge is 0.355 e. The van der Waals surface area contributed by atoms with Crippen LogP contribution in [0.25, 0.3) is 0 Å². The molecular weight excluding hydrogens is 300 g/mol.